The fourth-order valence-electron chi connectivity index (χ4n) is 3.15. The molecule has 0 atom stereocenters. The number of rotatable bonds is 3. The quantitative estimate of drug-likeness (QED) is 0.768. The van der Waals surface area contributed by atoms with Crippen molar-refractivity contribution in [3.05, 3.63) is 0 Å². The maximum absolute atomic E-state index is 11.5. The topological polar surface area (TPSA) is 41.1 Å². The number of hydrogen-bond donors (Lipinski definition) is 2. The van der Waals surface area contributed by atoms with E-state index in [2.05, 4.69) is 10.6 Å². The third-order valence-corrected chi connectivity index (χ3v) is 4.17. The summed E-state index contributed by atoms with van der Waals surface area (Å²) >= 11 is 0. The fraction of sp³-hybridized carbons (Fsp3) is 0.923. The molecule has 0 saturated heterocycles. The van der Waals surface area contributed by atoms with Crippen LogP contribution >= 0.6 is 0 Å². The monoisotopic (exact) mass is 224 g/mol. The van der Waals surface area contributed by atoms with Gasteiger partial charge in [-0.05, 0) is 38.5 Å². The van der Waals surface area contributed by atoms with E-state index in [0.29, 0.717) is 6.04 Å². The van der Waals surface area contributed by atoms with Gasteiger partial charge < -0.3 is 10.6 Å². The predicted octanol–water partition coefficient (Wildman–Crippen LogP) is 1.82. The minimum absolute atomic E-state index is 0.235. The van der Waals surface area contributed by atoms with Crippen LogP contribution in [0, 0.1) is 5.92 Å². The third-order valence-electron chi connectivity index (χ3n) is 4.17. The largest absolute Gasteiger partial charge is 0.359 e. The van der Waals surface area contributed by atoms with Gasteiger partial charge in [-0.3, -0.25) is 4.79 Å². The third kappa shape index (κ3) is 2.97. The van der Waals surface area contributed by atoms with Crippen LogP contribution in [0.2, 0.25) is 0 Å². The van der Waals surface area contributed by atoms with E-state index >= 15 is 0 Å². The lowest BCUT2D eigenvalue weighted by atomic mass is 9.85. The Bertz CT molecular complexity index is 228. The summed E-state index contributed by atoms with van der Waals surface area (Å²) in [5.41, 5.74) is 0. The van der Waals surface area contributed by atoms with Crippen LogP contribution in [-0.4, -0.2) is 25.0 Å². The van der Waals surface area contributed by atoms with Crippen LogP contribution in [0.4, 0.5) is 0 Å². The van der Waals surface area contributed by atoms with Gasteiger partial charge >= 0.3 is 0 Å². The van der Waals surface area contributed by atoms with Crippen molar-refractivity contribution < 1.29 is 4.79 Å². The van der Waals surface area contributed by atoms with Crippen LogP contribution in [0.1, 0.15) is 51.4 Å². The van der Waals surface area contributed by atoms with E-state index in [1.165, 1.54) is 38.5 Å². The van der Waals surface area contributed by atoms with Gasteiger partial charge in [0.05, 0.1) is 0 Å². The van der Waals surface area contributed by atoms with Crippen molar-refractivity contribution in [3.8, 4) is 0 Å². The molecule has 3 heteroatoms. The number of amides is 1. The van der Waals surface area contributed by atoms with Crippen molar-refractivity contribution in [3.63, 3.8) is 0 Å². The van der Waals surface area contributed by atoms with Gasteiger partial charge in [0.2, 0.25) is 5.91 Å². The van der Waals surface area contributed by atoms with Crippen molar-refractivity contribution in [2.24, 2.45) is 5.92 Å². The molecule has 0 bridgehead atoms. The molecule has 2 saturated carbocycles. The molecule has 0 heterocycles. The lowest BCUT2D eigenvalue weighted by molar-refractivity contribution is -0.125. The molecule has 0 aromatic carbocycles. The van der Waals surface area contributed by atoms with Crippen LogP contribution in [0.25, 0.3) is 0 Å². The van der Waals surface area contributed by atoms with Crippen molar-refractivity contribution in [2.45, 2.75) is 63.5 Å². The van der Waals surface area contributed by atoms with Crippen molar-refractivity contribution in [1.29, 1.82) is 0 Å². The molecule has 92 valence electrons. The molecule has 0 aromatic rings. The van der Waals surface area contributed by atoms with Gasteiger partial charge in [-0.1, -0.05) is 12.8 Å². The molecule has 1 amide bonds. The summed E-state index contributed by atoms with van der Waals surface area (Å²) < 4.78 is 0. The molecule has 2 aliphatic carbocycles. The minimum Gasteiger partial charge on any atom is -0.359 e. The van der Waals surface area contributed by atoms with E-state index in [1.54, 1.807) is 7.05 Å². The highest BCUT2D eigenvalue weighted by Crippen LogP contribution is 2.26. The van der Waals surface area contributed by atoms with Crippen LogP contribution in [0.15, 0.2) is 0 Å². The molecule has 16 heavy (non-hydrogen) atoms. The highest BCUT2D eigenvalue weighted by Gasteiger charge is 2.27. The van der Waals surface area contributed by atoms with Crippen LogP contribution < -0.4 is 10.6 Å². The van der Waals surface area contributed by atoms with E-state index in [9.17, 15) is 4.79 Å². The van der Waals surface area contributed by atoms with E-state index in [-0.39, 0.29) is 11.8 Å². The van der Waals surface area contributed by atoms with Gasteiger partial charge in [0.25, 0.3) is 0 Å². The molecule has 0 spiro atoms. The Balaban J connectivity index is 1.70. The summed E-state index contributed by atoms with van der Waals surface area (Å²) in [7, 11) is 1.74. The molecule has 3 nitrogen and oxygen atoms in total. The average molecular weight is 224 g/mol. The van der Waals surface area contributed by atoms with Crippen LogP contribution in [0.5, 0.6) is 0 Å². The van der Waals surface area contributed by atoms with Crippen molar-refractivity contribution in [2.75, 3.05) is 7.05 Å². The smallest absolute Gasteiger partial charge is 0.222 e. The summed E-state index contributed by atoms with van der Waals surface area (Å²) in [4.78, 5) is 11.5. The Kier molecular flexibility index (Phi) is 4.22. The molecule has 2 aliphatic rings. The van der Waals surface area contributed by atoms with Crippen molar-refractivity contribution >= 4 is 5.91 Å². The zero-order chi connectivity index (χ0) is 11.4. The molecule has 0 unspecified atom stereocenters. The van der Waals surface area contributed by atoms with Crippen LogP contribution in [-0.2, 0) is 4.79 Å². The zero-order valence-electron chi connectivity index (χ0n) is 10.3. The first-order valence-electron chi connectivity index (χ1n) is 6.77. The first-order valence-corrected chi connectivity index (χ1v) is 6.77. The van der Waals surface area contributed by atoms with E-state index in [0.717, 1.165) is 18.9 Å². The SMILES string of the molecule is CNC(=O)C1CCC(NC2CCCC2)CC1. The summed E-state index contributed by atoms with van der Waals surface area (Å²) in [6.45, 7) is 0. The lowest BCUT2D eigenvalue weighted by Crippen LogP contribution is -2.41. The molecule has 0 aliphatic heterocycles. The highest BCUT2D eigenvalue weighted by atomic mass is 16.1. The second-order valence-corrected chi connectivity index (χ2v) is 5.31. The Morgan fingerprint density at radius 1 is 0.938 bits per heavy atom. The maximum Gasteiger partial charge on any atom is 0.222 e. The Morgan fingerprint density at radius 2 is 1.50 bits per heavy atom. The van der Waals surface area contributed by atoms with Gasteiger partial charge in [-0.2, -0.15) is 0 Å². The molecule has 0 aromatic heterocycles. The summed E-state index contributed by atoms with van der Waals surface area (Å²) in [6, 6.07) is 1.44. The molecule has 2 fully saturated rings. The fourth-order valence-corrected chi connectivity index (χ4v) is 3.15. The number of carbonyl (C=O) groups is 1. The van der Waals surface area contributed by atoms with Gasteiger partial charge in [-0.25, -0.2) is 0 Å². The molecule has 0 radical (unpaired) electrons. The first-order chi connectivity index (χ1) is 7.79. The van der Waals surface area contributed by atoms with E-state index in [1.807, 2.05) is 0 Å². The molecule has 2 N–H and O–H groups in total. The number of hydrogen-bond acceptors (Lipinski definition) is 2. The molecule has 2 rings (SSSR count). The van der Waals surface area contributed by atoms with Crippen molar-refractivity contribution in [1.82, 2.24) is 10.6 Å². The minimum atomic E-state index is 0.235. The van der Waals surface area contributed by atoms with E-state index in [4.69, 9.17) is 0 Å². The number of nitrogens with one attached hydrogen (secondary N) is 2. The Labute approximate surface area is 98.4 Å². The van der Waals surface area contributed by atoms with Gasteiger partial charge in [0.1, 0.15) is 0 Å². The zero-order valence-corrected chi connectivity index (χ0v) is 10.3. The maximum atomic E-state index is 11.5. The predicted molar refractivity (Wildman–Crippen MR) is 65.2 cm³/mol. The van der Waals surface area contributed by atoms with Crippen LogP contribution in [0.3, 0.4) is 0 Å². The summed E-state index contributed by atoms with van der Waals surface area (Å²) in [6.07, 6.45) is 9.97. The molecular weight excluding hydrogens is 200 g/mol. The van der Waals surface area contributed by atoms with Gasteiger partial charge in [-0.15, -0.1) is 0 Å². The lowest BCUT2D eigenvalue weighted by Gasteiger charge is -2.30. The number of carbonyl (C=O) groups excluding carboxylic acids is 1. The second kappa shape index (κ2) is 5.67. The normalized spacial score (nSPS) is 31.6. The Hall–Kier alpha value is -0.570. The van der Waals surface area contributed by atoms with Gasteiger partial charge in [0.15, 0.2) is 0 Å². The highest BCUT2D eigenvalue weighted by molar-refractivity contribution is 5.78. The summed E-state index contributed by atoms with van der Waals surface area (Å²) in [5.74, 6) is 0.506. The standard InChI is InChI=1S/C13H24N2O/c1-14-13(16)10-6-8-12(9-7-10)15-11-4-2-3-5-11/h10-12,15H,2-9H2,1H3,(H,14,16). The first kappa shape index (κ1) is 11.9. The van der Waals surface area contributed by atoms with Gasteiger partial charge in [0, 0.05) is 25.0 Å². The van der Waals surface area contributed by atoms with E-state index < -0.39 is 0 Å². The molecular formula is C13H24N2O. The summed E-state index contributed by atoms with van der Waals surface area (Å²) in [5, 5.41) is 6.53. The Morgan fingerprint density at radius 3 is 2.06 bits per heavy atom. The average Bonchev–Trinajstić information content (AvgIpc) is 2.82. The second-order valence-electron chi connectivity index (χ2n) is 5.31.